The predicted octanol–water partition coefficient (Wildman–Crippen LogP) is 7.28. The summed E-state index contributed by atoms with van der Waals surface area (Å²) in [5, 5.41) is 0. The van der Waals surface area contributed by atoms with Gasteiger partial charge in [-0.15, -0.1) is 0 Å². The molecule has 0 aliphatic carbocycles. The van der Waals surface area contributed by atoms with Crippen molar-refractivity contribution in [3.05, 3.63) is 95.5 Å². The lowest BCUT2D eigenvalue weighted by Crippen LogP contribution is -2.11. The summed E-state index contributed by atoms with van der Waals surface area (Å²) in [6.07, 6.45) is 4.30. The fourth-order valence-electron chi connectivity index (χ4n) is 2.63. The van der Waals surface area contributed by atoms with Crippen molar-refractivity contribution in [3.63, 3.8) is 0 Å². The highest BCUT2D eigenvalue weighted by Gasteiger charge is 2.19. The normalized spacial score (nSPS) is 13.4. The Labute approximate surface area is 170 Å². The first-order valence-electron chi connectivity index (χ1n) is 9.92. The smallest absolute Gasteiger partial charge is 0.157 e. The largest absolute Gasteiger partial charge is 0.485 e. The van der Waals surface area contributed by atoms with E-state index in [1.54, 1.807) is 0 Å². The van der Waals surface area contributed by atoms with Gasteiger partial charge < -0.3 is 9.47 Å². The molecule has 2 nitrogen and oxygen atoms in total. The van der Waals surface area contributed by atoms with Crippen LogP contribution in [0.15, 0.2) is 84.3 Å². The van der Waals surface area contributed by atoms with Crippen molar-refractivity contribution in [2.75, 3.05) is 0 Å². The highest BCUT2D eigenvalue weighted by molar-refractivity contribution is 5.25. The maximum Gasteiger partial charge on any atom is 0.157 e. The molecule has 0 saturated heterocycles. The number of rotatable bonds is 7. The first-order chi connectivity index (χ1) is 13.1. The van der Waals surface area contributed by atoms with Gasteiger partial charge in [0.2, 0.25) is 0 Å². The number of ether oxygens (including phenoxy) is 2. The molecule has 0 aromatic heterocycles. The molecule has 150 valence electrons. The third kappa shape index (κ3) is 8.47. The van der Waals surface area contributed by atoms with E-state index in [1.165, 1.54) is 0 Å². The van der Waals surface area contributed by atoms with Crippen LogP contribution in [0.2, 0.25) is 0 Å². The van der Waals surface area contributed by atoms with Crippen molar-refractivity contribution in [1.82, 2.24) is 0 Å². The number of benzene rings is 2. The van der Waals surface area contributed by atoms with Crippen molar-refractivity contribution in [3.8, 4) is 0 Å². The molecule has 0 bridgehead atoms. The lowest BCUT2D eigenvalue weighted by Gasteiger charge is -2.23. The third-order valence-corrected chi connectivity index (χ3v) is 3.85. The second-order valence-electron chi connectivity index (χ2n) is 9.30. The Hall–Kier alpha value is -2.48. The van der Waals surface area contributed by atoms with Gasteiger partial charge in [0.05, 0.1) is 0 Å². The topological polar surface area (TPSA) is 18.5 Å². The van der Waals surface area contributed by atoms with Crippen LogP contribution in [0.3, 0.4) is 0 Å². The second-order valence-corrected chi connectivity index (χ2v) is 9.30. The summed E-state index contributed by atoms with van der Waals surface area (Å²) in [4.78, 5) is 0. The molecule has 0 atom stereocenters. The molecule has 0 fully saturated rings. The van der Waals surface area contributed by atoms with Crippen molar-refractivity contribution in [2.45, 2.75) is 54.8 Å². The molecule has 2 aromatic carbocycles. The molecule has 0 N–H and O–H groups in total. The Morgan fingerprint density at radius 1 is 0.607 bits per heavy atom. The highest BCUT2D eigenvalue weighted by Crippen LogP contribution is 2.28. The first kappa shape index (κ1) is 21.8. The zero-order valence-corrected chi connectivity index (χ0v) is 18.2. The fraction of sp³-hybridized carbons (Fsp3) is 0.385. The Morgan fingerprint density at radius 3 is 1.21 bits per heavy atom. The van der Waals surface area contributed by atoms with Crippen molar-refractivity contribution in [1.29, 1.82) is 0 Å². The summed E-state index contributed by atoms with van der Waals surface area (Å²) in [7, 11) is 0. The van der Waals surface area contributed by atoms with Crippen LogP contribution < -0.4 is 0 Å². The predicted molar refractivity (Wildman–Crippen MR) is 118 cm³/mol. The van der Waals surface area contributed by atoms with E-state index in [0.717, 1.165) is 22.6 Å². The molecule has 0 unspecified atom stereocenters. The van der Waals surface area contributed by atoms with Crippen LogP contribution in [0.5, 0.6) is 0 Å². The van der Waals surface area contributed by atoms with Gasteiger partial charge in [0.25, 0.3) is 0 Å². The molecule has 2 aromatic rings. The monoisotopic (exact) mass is 378 g/mol. The van der Waals surface area contributed by atoms with Gasteiger partial charge in [-0.3, -0.25) is 0 Å². The minimum absolute atomic E-state index is 0.0287. The zero-order chi connectivity index (χ0) is 20.6. The maximum absolute atomic E-state index is 6.27. The van der Waals surface area contributed by atoms with E-state index < -0.39 is 0 Å². The molecule has 28 heavy (non-hydrogen) atoms. The lowest BCUT2D eigenvalue weighted by atomic mass is 9.92. The molecule has 0 radical (unpaired) electrons. The van der Waals surface area contributed by atoms with Gasteiger partial charge in [0.1, 0.15) is 13.2 Å². The summed E-state index contributed by atoms with van der Waals surface area (Å²) in [6.45, 7) is 14.1. The van der Waals surface area contributed by atoms with Gasteiger partial charge in [-0.25, -0.2) is 0 Å². The molecule has 2 heteroatoms. The molecule has 0 amide bonds. The Morgan fingerprint density at radius 2 is 0.929 bits per heavy atom. The van der Waals surface area contributed by atoms with Crippen LogP contribution >= 0.6 is 0 Å². The van der Waals surface area contributed by atoms with Crippen LogP contribution in [0.1, 0.15) is 52.7 Å². The summed E-state index contributed by atoms with van der Waals surface area (Å²) in [5.41, 5.74) is 2.22. The summed E-state index contributed by atoms with van der Waals surface area (Å²) < 4.78 is 12.5. The molecule has 0 aliphatic heterocycles. The van der Waals surface area contributed by atoms with E-state index >= 15 is 0 Å². The number of allylic oxidation sites excluding steroid dienone is 2. The Bertz CT molecular complexity index is 703. The van der Waals surface area contributed by atoms with E-state index in [2.05, 4.69) is 78.0 Å². The number of hydrogen-bond donors (Lipinski definition) is 0. The van der Waals surface area contributed by atoms with Crippen LogP contribution in [-0.4, -0.2) is 0 Å². The van der Waals surface area contributed by atoms with Crippen LogP contribution in [0.4, 0.5) is 0 Å². The molecule has 0 heterocycles. The zero-order valence-electron chi connectivity index (χ0n) is 18.2. The van der Waals surface area contributed by atoms with Crippen molar-refractivity contribution in [2.24, 2.45) is 10.8 Å². The van der Waals surface area contributed by atoms with Crippen LogP contribution in [0.25, 0.3) is 0 Å². The van der Waals surface area contributed by atoms with E-state index in [9.17, 15) is 0 Å². The van der Waals surface area contributed by atoms with Gasteiger partial charge in [0, 0.05) is 0 Å². The molecule has 0 saturated carbocycles. The molecule has 0 spiro atoms. The van der Waals surface area contributed by atoms with E-state index in [1.807, 2.05) is 36.4 Å². The fourth-order valence-corrected chi connectivity index (χ4v) is 2.63. The van der Waals surface area contributed by atoms with Gasteiger partial charge in [-0.05, 0) is 34.1 Å². The van der Waals surface area contributed by atoms with E-state index in [0.29, 0.717) is 13.2 Å². The average molecular weight is 379 g/mol. The van der Waals surface area contributed by atoms with E-state index in [-0.39, 0.29) is 10.8 Å². The summed E-state index contributed by atoms with van der Waals surface area (Å²) >= 11 is 0. The van der Waals surface area contributed by atoms with Gasteiger partial charge in [-0.2, -0.15) is 0 Å². The Balaban J connectivity index is 2.28. The van der Waals surface area contributed by atoms with Gasteiger partial charge >= 0.3 is 0 Å². The van der Waals surface area contributed by atoms with Crippen molar-refractivity contribution < 1.29 is 9.47 Å². The average Bonchev–Trinajstić information content (AvgIpc) is 2.62. The second kappa shape index (κ2) is 9.64. The van der Waals surface area contributed by atoms with Crippen LogP contribution in [0, 0.1) is 10.8 Å². The number of hydrogen-bond acceptors (Lipinski definition) is 2. The summed E-state index contributed by atoms with van der Waals surface area (Å²) in [5.74, 6) is 1.59. The third-order valence-electron chi connectivity index (χ3n) is 3.85. The maximum atomic E-state index is 6.27. The van der Waals surface area contributed by atoms with Gasteiger partial charge in [-0.1, -0.05) is 102 Å². The van der Waals surface area contributed by atoms with Gasteiger partial charge in [0.15, 0.2) is 11.5 Å². The van der Waals surface area contributed by atoms with Crippen molar-refractivity contribution >= 4 is 0 Å². The summed E-state index contributed by atoms with van der Waals surface area (Å²) in [6, 6.07) is 20.5. The molecule has 0 aliphatic rings. The molecule has 2 rings (SSSR count). The first-order valence-corrected chi connectivity index (χ1v) is 9.92. The highest BCUT2D eigenvalue weighted by atomic mass is 16.5. The Kier molecular flexibility index (Phi) is 7.51. The quantitative estimate of drug-likeness (QED) is 0.372. The lowest BCUT2D eigenvalue weighted by molar-refractivity contribution is 0.130. The minimum atomic E-state index is -0.0287. The molecular weight excluding hydrogens is 344 g/mol. The SMILES string of the molecule is CC(C)(C)/C=C(OCc1ccccc1)\C(=C/C(C)(C)C)OCc1ccccc1. The molecular formula is C26H34O2. The minimum Gasteiger partial charge on any atom is -0.485 e. The van der Waals surface area contributed by atoms with E-state index in [4.69, 9.17) is 9.47 Å². The van der Waals surface area contributed by atoms with Crippen LogP contribution in [-0.2, 0) is 22.7 Å². The standard InChI is InChI=1S/C26H34O2/c1-25(2,3)17-23(27-19-21-13-9-7-10-14-21)24(18-26(4,5)6)28-20-22-15-11-8-12-16-22/h7-18H,19-20H2,1-6H3/b23-17+,24-18+.